The number of H-pyrrole nitrogens is 1. The van der Waals surface area contributed by atoms with E-state index in [4.69, 9.17) is 4.74 Å². The Labute approximate surface area is 134 Å². The van der Waals surface area contributed by atoms with Crippen molar-refractivity contribution in [3.8, 4) is 11.8 Å². The molecule has 0 fully saturated rings. The molecule has 0 saturated carbocycles. The van der Waals surface area contributed by atoms with Gasteiger partial charge >= 0.3 is 0 Å². The molecule has 1 heterocycles. The second-order valence-corrected chi connectivity index (χ2v) is 5.32. The van der Waals surface area contributed by atoms with Crippen LogP contribution in [0.2, 0.25) is 0 Å². The van der Waals surface area contributed by atoms with Crippen molar-refractivity contribution >= 4 is 17.2 Å². The molecule has 3 rings (SSSR count). The average molecular weight is 304 g/mol. The minimum absolute atomic E-state index is 0.116. The van der Waals surface area contributed by atoms with Crippen LogP contribution in [0.3, 0.4) is 0 Å². The number of aromatic amines is 1. The number of methoxy groups -OCH3 is 1. The molecule has 3 aromatic rings. The molecule has 0 bridgehead atoms. The third-order valence-electron chi connectivity index (χ3n) is 4.05. The molecule has 0 amide bonds. The smallest absolute Gasteiger partial charge is 0.121 e. The van der Waals surface area contributed by atoms with Crippen molar-refractivity contribution in [2.24, 2.45) is 0 Å². The van der Waals surface area contributed by atoms with Gasteiger partial charge in [0.1, 0.15) is 18.1 Å². The van der Waals surface area contributed by atoms with E-state index in [1.807, 2.05) is 42.5 Å². The summed E-state index contributed by atoms with van der Waals surface area (Å²) in [6.07, 6.45) is 2.96. The first-order valence-corrected chi connectivity index (χ1v) is 7.36. The lowest BCUT2D eigenvalue weighted by Gasteiger charge is -2.18. The summed E-state index contributed by atoms with van der Waals surface area (Å²) in [5.41, 5.74) is 3.38. The highest BCUT2D eigenvalue weighted by molar-refractivity contribution is 5.91. The summed E-state index contributed by atoms with van der Waals surface area (Å²) in [6, 6.07) is 15.8. The molecule has 114 valence electrons. The number of ether oxygens (including phenoxy) is 1. The summed E-state index contributed by atoms with van der Waals surface area (Å²) in [5.74, 6) is 0.583. The van der Waals surface area contributed by atoms with Crippen LogP contribution in [0.25, 0.3) is 10.9 Å². The Balaban J connectivity index is 2.28. The minimum Gasteiger partial charge on any atom is -0.497 e. The summed E-state index contributed by atoms with van der Waals surface area (Å²) in [4.78, 5) is 14.4. The van der Waals surface area contributed by atoms with Crippen LogP contribution >= 0.6 is 0 Å². The van der Waals surface area contributed by atoms with Gasteiger partial charge in [-0.05, 0) is 17.2 Å². The van der Waals surface area contributed by atoms with Crippen LogP contribution in [-0.4, -0.2) is 18.4 Å². The normalized spacial score (nSPS) is 11.8. The maximum atomic E-state index is 11.2. The molecule has 0 radical (unpaired) electrons. The molecule has 0 aliphatic heterocycles. The second-order valence-electron chi connectivity index (χ2n) is 5.32. The lowest BCUT2D eigenvalue weighted by Crippen LogP contribution is -2.03. The molecule has 0 saturated heterocycles. The standard InChI is InChI=1S/C19H16N2O2/c1-23-15-9-17(19-14(11-20)12-21-18(19)10-15)16(7-8-22)13-5-3-2-4-6-13/h2-6,8-10,12,16,21H,7H2,1H3. The number of hydrogen-bond acceptors (Lipinski definition) is 3. The Kier molecular flexibility index (Phi) is 4.11. The molecule has 0 spiro atoms. The first-order chi connectivity index (χ1) is 11.3. The van der Waals surface area contributed by atoms with Crippen molar-refractivity contribution < 1.29 is 9.53 Å². The van der Waals surface area contributed by atoms with Gasteiger partial charge in [-0.25, -0.2) is 0 Å². The fourth-order valence-corrected chi connectivity index (χ4v) is 2.98. The highest BCUT2D eigenvalue weighted by Gasteiger charge is 2.20. The second kappa shape index (κ2) is 6.37. The lowest BCUT2D eigenvalue weighted by atomic mass is 9.86. The van der Waals surface area contributed by atoms with E-state index >= 15 is 0 Å². The van der Waals surface area contributed by atoms with Gasteiger partial charge in [0.05, 0.1) is 18.2 Å². The highest BCUT2D eigenvalue weighted by atomic mass is 16.5. The Morgan fingerprint density at radius 3 is 2.74 bits per heavy atom. The molecule has 1 N–H and O–H groups in total. The van der Waals surface area contributed by atoms with Crippen LogP contribution in [0.5, 0.6) is 5.75 Å². The van der Waals surface area contributed by atoms with Crippen molar-refractivity contribution in [2.75, 3.05) is 7.11 Å². The quantitative estimate of drug-likeness (QED) is 0.730. The van der Waals surface area contributed by atoms with E-state index in [1.165, 1.54) is 0 Å². The number of carbonyl (C=O) groups is 1. The number of rotatable bonds is 5. The molecule has 2 aromatic carbocycles. The van der Waals surface area contributed by atoms with Crippen molar-refractivity contribution in [3.05, 3.63) is 65.4 Å². The van der Waals surface area contributed by atoms with Crippen LogP contribution in [0.15, 0.2) is 48.7 Å². The molecular weight excluding hydrogens is 288 g/mol. The SMILES string of the molecule is COc1cc(C(CC=O)c2ccccc2)c2c(C#N)c[nH]c2c1. The van der Waals surface area contributed by atoms with E-state index in [-0.39, 0.29) is 5.92 Å². The van der Waals surface area contributed by atoms with Gasteiger partial charge in [0.2, 0.25) is 0 Å². The summed E-state index contributed by atoms with van der Waals surface area (Å²) >= 11 is 0. The topological polar surface area (TPSA) is 65.9 Å². The summed E-state index contributed by atoms with van der Waals surface area (Å²) in [5, 5.41) is 10.2. The number of fused-ring (bicyclic) bond motifs is 1. The first-order valence-electron chi connectivity index (χ1n) is 7.36. The Hall–Kier alpha value is -3.06. The van der Waals surface area contributed by atoms with E-state index in [1.54, 1.807) is 13.3 Å². The number of carbonyl (C=O) groups excluding carboxylic acids is 1. The largest absolute Gasteiger partial charge is 0.497 e. The number of nitrogens with zero attached hydrogens (tertiary/aromatic N) is 1. The molecule has 1 aromatic heterocycles. The number of hydrogen-bond donors (Lipinski definition) is 1. The van der Waals surface area contributed by atoms with Crippen LogP contribution in [0, 0.1) is 11.3 Å². The van der Waals surface area contributed by atoms with E-state index in [2.05, 4.69) is 11.1 Å². The molecule has 0 aliphatic rings. The van der Waals surface area contributed by atoms with Crippen molar-refractivity contribution in [1.29, 1.82) is 5.26 Å². The van der Waals surface area contributed by atoms with Crippen LogP contribution in [-0.2, 0) is 4.79 Å². The Bertz CT molecular complexity index is 876. The van der Waals surface area contributed by atoms with Gasteiger partial charge in [0, 0.05) is 30.0 Å². The summed E-state index contributed by atoms with van der Waals surface area (Å²) in [6.45, 7) is 0. The third kappa shape index (κ3) is 2.69. The van der Waals surface area contributed by atoms with Gasteiger partial charge in [-0.15, -0.1) is 0 Å². The van der Waals surface area contributed by atoms with Gasteiger partial charge < -0.3 is 14.5 Å². The predicted octanol–water partition coefficient (Wildman–Crippen LogP) is 3.77. The zero-order valence-corrected chi connectivity index (χ0v) is 12.7. The highest BCUT2D eigenvalue weighted by Crippen LogP contribution is 2.37. The lowest BCUT2D eigenvalue weighted by molar-refractivity contribution is -0.108. The van der Waals surface area contributed by atoms with Gasteiger partial charge in [-0.2, -0.15) is 5.26 Å². The zero-order chi connectivity index (χ0) is 16.2. The van der Waals surface area contributed by atoms with Gasteiger partial charge in [0.25, 0.3) is 0 Å². The number of nitriles is 1. The molecule has 4 heteroatoms. The fourth-order valence-electron chi connectivity index (χ4n) is 2.98. The van der Waals surface area contributed by atoms with Gasteiger partial charge in [-0.3, -0.25) is 0 Å². The number of aldehydes is 1. The molecular formula is C19H16N2O2. The number of nitrogens with one attached hydrogen (secondary N) is 1. The first kappa shape index (κ1) is 14.9. The monoisotopic (exact) mass is 304 g/mol. The van der Waals surface area contributed by atoms with Crippen molar-refractivity contribution in [3.63, 3.8) is 0 Å². The molecule has 0 aliphatic carbocycles. The molecule has 23 heavy (non-hydrogen) atoms. The van der Waals surface area contributed by atoms with Gasteiger partial charge in [-0.1, -0.05) is 30.3 Å². The Morgan fingerprint density at radius 2 is 2.09 bits per heavy atom. The maximum absolute atomic E-state index is 11.2. The van der Waals surface area contributed by atoms with E-state index in [0.29, 0.717) is 17.7 Å². The van der Waals surface area contributed by atoms with Crippen LogP contribution in [0.4, 0.5) is 0 Å². The van der Waals surface area contributed by atoms with E-state index in [9.17, 15) is 10.1 Å². The summed E-state index contributed by atoms with van der Waals surface area (Å²) < 4.78 is 5.38. The number of benzene rings is 2. The molecule has 4 nitrogen and oxygen atoms in total. The summed E-state index contributed by atoms with van der Waals surface area (Å²) in [7, 11) is 1.61. The van der Waals surface area contributed by atoms with Crippen LogP contribution in [0.1, 0.15) is 29.0 Å². The minimum atomic E-state index is -0.116. The molecule has 1 atom stereocenters. The average Bonchev–Trinajstić information content (AvgIpc) is 3.02. The van der Waals surface area contributed by atoms with E-state index < -0.39 is 0 Å². The van der Waals surface area contributed by atoms with Crippen LogP contribution < -0.4 is 4.74 Å². The van der Waals surface area contributed by atoms with Crippen molar-refractivity contribution in [2.45, 2.75) is 12.3 Å². The fraction of sp³-hybridized carbons (Fsp3) is 0.158. The molecule has 1 unspecified atom stereocenters. The maximum Gasteiger partial charge on any atom is 0.121 e. The zero-order valence-electron chi connectivity index (χ0n) is 12.7. The van der Waals surface area contributed by atoms with Crippen molar-refractivity contribution in [1.82, 2.24) is 4.98 Å². The number of aromatic nitrogens is 1. The van der Waals surface area contributed by atoms with Gasteiger partial charge in [0.15, 0.2) is 0 Å². The third-order valence-corrected chi connectivity index (χ3v) is 4.05. The predicted molar refractivity (Wildman–Crippen MR) is 88.5 cm³/mol. The Morgan fingerprint density at radius 1 is 1.30 bits per heavy atom. The van der Waals surface area contributed by atoms with E-state index in [0.717, 1.165) is 28.3 Å².